The number of hydrogen-bond acceptors (Lipinski definition) is 10. The van der Waals surface area contributed by atoms with Crippen molar-refractivity contribution >= 4 is 47.3 Å². The van der Waals surface area contributed by atoms with Crippen LogP contribution < -0.4 is 15.4 Å². The highest BCUT2D eigenvalue weighted by molar-refractivity contribution is 7.98. The molecule has 0 aliphatic carbocycles. The molecule has 0 unspecified atom stereocenters. The number of phenols is 1. The number of rotatable bonds is 5. The average molecular weight is 545 g/mol. The highest BCUT2D eigenvalue weighted by Gasteiger charge is 2.25. The zero-order chi connectivity index (χ0) is 24.7. The Bertz CT molecular complexity index is 1020. The zero-order valence-electron chi connectivity index (χ0n) is 20.4. The van der Waals surface area contributed by atoms with Gasteiger partial charge >= 0.3 is 5.97 Å². The van der Waals surface area contributed by atoms with E-state index in [0.29, 0.717) is 76.1 Å². The van der Waals surface area contributed by atoms with Crippen LogP contribution in [0.2, 0.25) is 0 Å². The number of hydrogen-bond donors (Lipinski definition) is 3. The van der Waals surface area contributed by atoms with E-state index in [2.05, 4.69) is 34.6 Å². The number of cyclic esters (lactones) is 1. The molecular weight excluding hydrogens is 512 g/mol. The monoisotopic (exact) mass is 544 g/mol. The van der Waals surface area contributed by atoms with Crippen molar-refractivity contribution in [2.24, 2.45) is 0 Å². The third kappa shape index (κ3) is 7.96. The Labute approximate surface area is 221 Å². The van der Waals surface area contributed by atoms with Crippen molar-refractivity contribution in [1.82, 2.24) is 20.8 Å². The van der Waals surface area contributed by atoms with E-state index in [-0.39, 0.29) is 30.8 Å². The topological polar surface area (TPSA) is 119 Å². The Morgan fingerprint density at radius 2 is 2.17 bits per heavy atom. The lowest BCUT2D eigenvalue weighted by molar-refractivity contribution is 0.0496. The number of halogens is 1. The van der Waals surface area contributed by atoms with Crippen molar-refractivity contribution in [3.05, 3.63) is 34.5 Å². The second kappa shape index (κ2) is 13.9. The smallest absolute Gasteiger partial charge is 0.338 e. The van der Waals surface area contributed by atoms with Crippen LogP contribution in [0.1, 0.15) is 72.4 Å². The first-order chi connectivity index (χ1) is 16.3. The van der Waals surface area contributed by atoms with Crippen molar-refractivity contribution in [1.29, 1.82) is 0 Å². The fourth-order valence-electron chi connectivity index (χ4n) is 3.55. The molecule has 0 bridgehead atoms. The molecule has 1 aliphatic heterocycles. The van der Waals surface area contributed by atoms with Gasteiger partial charge in [0.05, 0.1) is 30.8 Å². The van der Waals surface area contributed by atoms with Crippen molar-refractivity contribution in [3.63, 3.8) is 0 Å². The Morgan fingerprint density at radius 3 is 2.89 bits per heavy atom. The number of thiocarbonyl (C=S) groups is 1. The normalized spacial score (nSPS) is 17.6. The fraction of sp³-hybridized carbons (Fsp3) is 0.565. The van der Waals surface area contributed by atoms with E-state index in [4.69, 9.17) is 26.2 Å². The molecule has 0 amide bonds. The van der Waals surface area contributed by atoms with Crippen LogP contribution in [0.3, 0.4) is 0 Å². The van der Waals surface area contributed by atoms with E-state index in [1.54, 1.807) is 6.92 Å². The molecule has 12 heteroatoms. The summed E-state index contributed by atoms with van der Waals surface area (Å²) in [5.74, 6) is 1.93. The van der Waals surface area contributed by atoms with Crippen LogP contribution in [0.15, 0.2) is 10.6 Å². The fourth-order valence-corrected chi connectivity index (χ4v) is 4.91. The van der Waals surface area contributed by atoms with Crippen molar-refractivity contribution in [2.45, 2.75) is 64.4 Å². The number of thioether (sulfide) groups is 1. The minimum Gasteiger partial charge on any atom is -0.507 e. The second-order valence-corrected chi connectivity index (χ2v) is 9.91. The van der Waals surface area contributed by atoms with E-state index in [0.717, 1.165) is 6.42 Å². The van der Waals surface area contributed by atoms with E-state index >= 15 is 0 Å². The number of nitrogens with zero attached hydrogens (tertiary/aromatic N) is 2. The van der Waals surface area contributed by atoms with Crippen LogP contribution >= 0.6 is 36.4 Å². The molecule has 9 nitrogen and oxygen atoms in total. The maximum absolute atomic E-state index is 12.9. The first kappa shape index (κ1) is 29.2. The lowest BCUT2D eigenvalue weighted by atomic mass is 10.0. The molecule has 1 aliphatic rings. The molecule has 0 spiro atoms. The number of fused-ring (bicyclic) bond motifs is 1. The van der Waals surface area contributed by atoms with Crippen LogP contribution in [0, 0.1) is 6.92 Å². The molecule has 35 heavy (non-hydrogen) atoms. The molecule has 0 radical (unpaired) electrons. The van der Waals surface area contributed by atoms with Crippen LogP contribution in [0.4, 0.5) is 0 Å². The van der Waals surface area contributed by atoms with Gasteiger partial charge in [0, 0.05) is 34.7 Å². The van der Waals surface area contributed by atoms with Crippen molar-refractivity contribution < 1.29 is 23.9 Å². The van der Waals surface area contributed by atoms with Gasteiger partial charge in [-0.1, -0.05) is 31.2 Å². The standard InChI is InChI=1S/C23H32N4O5S2.ClH/c1-13(2)24-10-19-26-22(32-27-19)16-12-34-11-15-17(28)9-18(30-4)14(3)21(15)23(29)31-8-6-5-7-20(33)25-16;/h9,13,16,24,28H,5-8,10-12H2,1-4H3,(H,25,33);1H/t16-;/m0./s1. The number of carbonyl (C=O) groups is 1. The molecule has 3 N–H and O–H groups in total. The third-order valence-electron chi connectivity index (χ3n) is 5.40. The van der Waals surface area contributed by atoms with Crippen LogP contribution in [-0.4, -0.2) is 51.7 Å². The van der Waals surface area contributed by atoms with E-state index in [9.17, 15) is 9.90 Å². The number of aromatic hydroxyl groups is 1. The molecule has 2 heterocycles. The lowest BCUT2D eigenvalue weighted by Gasteiger charge is -2.20. The van der Waals surface area contributed by atoms with E-state index in [1.807, 2.05) is 0 Å². The van der Waals surface area contributed by atoms with Crippen LogP contribution in [0.25, 0.3) is 0 Å². The first-order valence-electron chi connectivity index (χ1n) is 11.3. The van der Waals surface area contributed by atoms with Gasteiger partial charge in [0.15, 0.2) is 5.82 Å². The van der Waals surface area contributed by atoms with Gasteiger partial charge in [-0.05, 0) is 26.2 Å². The van der Waals surface area contributed by atoms with Gasteiger partial charge in [-0.15, -0.1) is 12.4 Å². The third-order valence-corrected chi connectivity index (χ3v) is 6.78. The summed E-state index contributed by atoms with van der Waals surface area (Å²) >= 11 is 7.05. The Hall–Kier alpha value is -2.08. The molecule has 3 rings (SSSR count). The van der Waals surface area contributed by atoms with E-state index in [1.165, 1.54) is 24.9 Å². The molecule has 194 valence electrons. The second-order valence-electron chi connectivity index (χ2n) is 8.39. The SMILES string of the molecule is COc1cc(O)c2c(c1C)C(=O)OCCCCC(=S)N[C@H](c1nc(CNC(C)C)no1)CSC2.Cl. The van der Waals surface area contributed by atoms with E-state index < -0.39 is 5.97 Å². The van der Waals surface area contributed by atoms with Gasteiger partial charge < -0.3 is 29.7 Å². The van der Waals surface area contributed by atoms with Crippen LogP contribution in [-0.2, 0) is 17.0 Å². The molecular formula is C23H33ClN4O5S2. The molecule has 2 aromatic rings. The van der Waals surface area contributed by atoms with Gasteiger partial charge in [-0.3, -0.25) is 0 Å². The van der Waals surface area contributed by atoms with Gasteiger partial charge in [0.1, 0.15) is 17.5 Å². The Kier molecular flexibility index (Phi) is 11.5. The first-order valence-corrected chi connectivity index (χ1v) is 12.9. The van der Waals surface area contributed by atoms with Gasteiger partial charge in [-0.2, -0.15) is 16.7 Å². The molecule has 0 saturated heterocycles. The molecule has 1 atom stereocenters. The molecule has 1 aromatic carbocycles. The number of esters is 1. The van der Waals surface area contributed by atoms with Crippen molar-refractivity contribution in [3.8, 4) is 11.5 Å². The summed E-state index contributed by atoms with van der Waals surface area (Å²) < 4.78 is 16.4. The summed E-state index contributed by atoms with van der Waals surface area (Å²) in [4.78, 5) is 18.1. The number of benzene rings is 1. The van der Waals surface area contributed by atoms with Gasteiger partial charge in [0.25, 0.3) is 0 Å². The predicted molar refractivity (Wildman–Crippen MR) is 142 cm³/mol. The van der Waals surface area contributed by atoms with Gasteiger partial charge in [0.2, 0.25) is 5.89 Å². The predicted octanol–water partition coefficient (Wildman–Crippen LogP) is 4.24. The summed E-state index contributed by atoms with van der Waals surface area (Å²) in [5, 5.41) is 21.4. The average Bonchev–Trinajstić information content (AvgIpc) is 3.27. The summed E-state index contributed by atoms with van der Waals surface area (Å²) in [6.45, 7) is 6.67. The quantitative estimate of drug-likeness (QED) is 0.370. The minimum atomic E-state index is -0.462. The van der Waals surface area contributed by atoms with Crippen LogP contribution in [0.5, 0.6) is 11.5 Å². The summed E-state index contributed by atoms with van der Waals surface area (Å²) in [7, 11) is 1.51. The number of aromatic nitrogens is 2. The summed E-state index contributed by atoms with van der Waals surface area (Å²) in [5.41, 5.74) is 1.50. The summed E-state index contributed by atoms with van der Waals surface area (Å²) in [6, 6.07) is 1.54. The zero-order valence-corrected chi connectivity index (χ0v) is 22.8. The highest BCUT2D eigenvalue weighted by Crippen LogP contribution is 2.36. The lowest BCUT2D eigenvalue weighted by Crippen LogP contribution is -2.29. The maximum atomic E-state index is 12.9. The molecule has 0 fully saturated rings. The number of carbonyl (C=O) groups excluding carboxylic acids is 1. The Morgan fingerprint density at radius 1 is 1.40 bits per heavy atom. The largest absolute Gasteiger partial charge is 0.507 e. The molecule has 1 aromatic heterocycles. The maximum Gasteiger partial charge on any atom is 0.338 e. The number of methoxy groups -OCH3 is 1. The number of ether oxygens (including phenoxy) is 2. The van der Waals surface area contributed by atoms with Crippen molar-refractivity contribution in [2.75, 3.05) is 19.5 Å². The molecule has 0 saturated carbocycles. The summed E-state index contributed by atoms with van der Waals surface area (Å²) in [6.07, 6.45) is 2.10. The minimum absolute atomic E-state index is 0. The number of phenolic OH excluding ortho intramolecular Hbond substituents is 1. The Balaban J connectivity index is 0.00000432. The van der Waals surface area contributed by atoms with Gasteiger partial charge in [-0.25, -0.2) is 4.79 Å². The highest BCUT2D eigenvalue weighted by atomic mass is 35.5. The number of nitrogens with one attached hydrogen (secondary N) is 2.